The molecule has 0 aliphatic carbocycles. The van der Waals surface area contributed by atoms with Gasteiger partial charge in [-0.25, -0.2) is 0 Å². The standard InChI is InChI=1S/C19H12OS/c1-11-5-4-7-14-17(11)13-9-10-16-18(19(13)20-14)12-6-2-3-8-15(12)21-16/h2-10H,1H3. The van der Waals surface area contributed by atoms with Crippen LogP contribution in [0.3, 0.4) is 0 Å². The summed E-state index contributed by atoms with van der Waals surface area (Å²) in [6.45, 7) is 2.15. The summed E-state index contributed by atoms with van der Waals surface area (Å²) in [4.78, 5) is 0. The van der Waals surface area contributed by atoms with E-state index in [4.69, 9.17) is 4.42 Å². The van der Waals surface area contributed by atoms with Gasteiger partial charge in [-0.2, -0.15) is 0 Å². The minimum absolute atomic E-state index is 0.979. The van der Waals surface area contributed by atoms with Gasteiger partial charge in [0.2, 0.25) is 0 Å². The fourth-order valence-corrected chi connectivity index (χ4v) is 4.37. The molecule has 21 heavy (non-hydrogen) atoms. The Kier molecular flexibility index (Phi) is 2.09. The van der Waals surface area contributed by atoms with Crippen LogP contribution in [0.15, 0.2) is 59.0 Å². The minimum Gasteiger partial charge on any atom is -0.455 e. The van der Waals surface area contributed by atoms with Crippen LogP contribution < -0.4 is 0 Å². The molecule has 0 radical (unpaired) electrons. The lowest BCUT2D eigenvalue weighted by molar-refractivity contribution is 0.673. The second kappa shape index (κ2) is 3.86. The van der Waals surface area contributed by atoms with Crippen molar-refractivity contribution in [1.82, 2.24) is 0 Å². The number of thiophene rings is 1. The highest BCUT2D eigenvalue weighted by Crippen LogP contribution is 2.42. The zero-order valence-electron chi connectivity index (χ0n) is 11.5. The summed E-state index contributed by atoms with van der Waals surface area (Å²) in [5.41, 5.74) is 3.27. The van der Waals surface area contributed by atoms with Gasteiger partial charge >= 0.3 is 0 Å². The average molecular weight is 288 g/mol. The lowest BCUT2D eigenvalue weighted by Crippen LogP contribution is -1.73. The van der Waals surface area contributed by atoms with Crippen LogP contribution in [0.4, 0.5) is 0 Å². The molecule has 2 aromatic heterocycles. The van der Waals surface area contributed by atoms with Gasteiger partial charge in [-0.15, -0.1) is 11.3 Å². The lowest BCUT2D eigenvalue weighted by atomic mass is 10.1. The van der Waals surface area contributed by atoms with Crippen LogP contribution in [0.2, 0.25) is 0 Å². The normalized spacial score (nSPS) is 12.0. The first-order valence-corrected chi connectivity index (χ1v) is 7.87. The lowest BCUT2D eigenvalue weighted by Gasteiger charge is -1.95. The van der Waals surface area contributed by atoms with E-state index in [2.05, 4.69) is 61.5 Å². The van der Waals surface area contributed by atoms with E-state index in [1.165, 1.54) is 36.5 Å². The van der Waals surface area contributed by atoms with Gasteiger partial charge in [0.25, 0.3) is 0 Å². The van der Waals surface area contributed by atoms with Crippen molar-refractivity contribution in [2.45, 2.75) is 6.92 Å². The molecule has 0 atom stereocenters. The van der Waals surface area contributed by atoms with E-state index in [9.17, 15) is 0 Å². The Morgan fingerprint density at radius 3 is 2.62 bits per heavy atom. The Morgan fingerprint density at radius 2 is 1.67 bits per heavy atom. The minimum atomic E-state index is 0.979. The van der Waals surface area contributed by atoms with Gasteiger partial charge < -0.3 is 4.42 Å². The highest BCUT2D eigenvalue weighted by molar-refractivity contribution is 7.26. The van der Waals surface area contributed by atoms with Crippen molar-refractivity contribution in [3.63, 3.8) is 0 Å². The highest BCUT2D eigenvalue weighted by Gasteiger charge is 2.15. The molecule has 2 heterocycles. The molecule has 5 aromatic rings. The second-order valence-corrected chi connectivity index (χ2v) is 6.55. The number of rotatable bonds is 0. The molecule has 2 heteroatoms. The van der Waals surface area contributed by atoms with Crippen molar-refractivity contribution in [3.8, 4) is 0 Å². The fourth-order valence-electron chi connectivity index (χ4n) is 3.27. The molecule has 0 aliphatic heterocycles. The fraction of sp³-hybridized carbons (Fsp3) is 0.0526. The van der Waals surface area contributed by atoms with Gasteiger partial charge in [0.1, 0.15) is 11.2 Å². The van der Waals surface area contributed by atoms with Crippen LogP contribution in [0, 0.1) is 6.92 Å². The Morgan fingerprint density at radius 1 is 0.762 bits per heavy atom. The van der Waals surface area contributed by atoms with Crippen LogP contribution in [-0.2, 0) is 0 Å². The van der Waals surface area contributed by atoms with Crippen LogP contribution in [0.5, 0.6) is 0 Å². The molecule has 0 saturated carbocycles. The molecule has 100 valence electrons. The highest BCUT2D eigenvalue weighted by atomic mass is 32.1. The Hall–Kier alpha value is -2.32. The van der Waals surface area contributed by atoms with E-state index in [0.29, 0.717) is 0 Å². The van der Waals surface area contributed by atoms with Crippen molar-refractivity contribution in [3.05, 3.63) is 60.2 Å². The smallest absolute Gasteiger partial charge is 0.144 e. The SMILES string of the molecule is Cc1cccc2oc3c(ccc4sc5ccccc5c43)c12. The van der Waals surface area contributed by atoms with E-state index < -0.39 is 0 Å². The number of hydrogen-bond acceptors (Lipinski definition) is 2. The quantitative estimate of drug-likeness (QED) is 0.327. The number of benzene rings is 3. The predicted molar refractivity (Wildman–Crippen MR) is 91.3 cm³/mol. The molecule has 0 amide bonds. The molecular formula is C19H12OS. The van der Waals surface area contributed by atoms with Crippen molar-refractivity contribution in [1.29, 1.82) is 0 Å². The molecule has 3 aromatic carbocycles. The Bertz CT molecular complexity index is 1140. The number of hydrogen-bond donors (Lipinski definition) is 0. The number of aryl methyl sites for hydroxylation is 1. The third kappa shape index (κ3) is 1.40. The summed E-state index contributed by atoms with van der Waals surface area (Å²) in [7, 11) is 0. The second-order valence-electron chi connectivity index (χ2n) is 5.46. The van der Waals surface area contributed by atoms with Crippen LogP contribution >= 0.6 is 11.3 Å². The van der Waals surface area contributed by atoms with Crippen molar-refractivity contribution >= 4 is 53.4 Å². The van der Waals surface area contributed by atoms with Crippen LogP contribution in [0.25, 0.3) is 42.1 Å². The first kappa shape index (κ1) is 11.4. The predicted octanol–water partition coefficient (Wildman–Crippen LogP) is 6.26. The third-order valence-electron chi connectivity index (χ3n) is 4.21. The summed E-state index contributed by atoms with van der Waals surface area (Å²) >= 11 is 1.83. The summed E-state index contributed by atoms with van der Waals surface area (Å²) in [6, 6.07) is 19.3. The van der Waals surface area contributed by atoms with Gasteiger partial charge in [0.15, 0.2) is 0 Å². The number of fused-ring (bicyclic) bond motifs is 7. The summed E-state index contributed by atoms with van der Waals surface area (Å²) in [5.74, 6) is 0. The van der Waals surface area contributed by atoms with Gasteiger partial charge in [0.05, 0.1) is 0 Å². The Labute approximate surface area is 125 Å². The molecule has 1 nitrogen and oxygen atoms in total. The molecule has 0 unspecified atom stereocenters. The molecule has 0 N–H and O–H groups in total. The van der Waals surface area contributed by atoms with Gasteiger partial charge in [-0.3, -0.25) is 0 Å². The van der Waals surface area contributed by atoms with Gasteiger partial charge in [-0.05, 0) is 36.8 Å². The third-order valence-corrected chi connectivity index (χ3v) is 5.35. The maximum absolute atomic E-state index is 6.22. The van der Waals surface area contributed by atoms with E-state index >= 15 is 0 Å². The molecule has 0 fully saturated rings. The van der Waals surface area contributed by atoms with E-state index in [0.717, 1.165) is 11.2 Å². The van der Waals surface area contributed by atoms with E-state index in [1.807, 2.05) is 11.3 Å². The molecule has 0 spiro atoms. The summed E-state index contributed by atoms with van der Waals surface area (Å²) in [6.07, 6.45) is 0. The molecular weight excluding hydrogens is 276 g/mol. The Balaban J connectivity index is 2.14. The van der Waals surface area contributed by atoms with Crippen LogP contribution in [-0.4, -0.2) is 0 Å². The van der Waals surface area contributed by atoms with Crippen molar-refractivity contribution in [2.75, 3.05) is 0 Å². The van der Waals surface area contributed by atoms with Crippen molar-refractivity contribution < 1.29 is 4.42 Å². The molecule has 5 rings (SSSR count). The van der Waals surface area contributed by atoms with Gasteiger partial charge in [0, 0.05) is 30.9 Å². The van der Waals surface area contributed by atoms with Crippen molar-refractivity contribution in [2.24, 2.45) is 0 Å². The van der Waals surface area contributed by atoms with E-state index in [-0.39, 0.29) is 0 Å². The first-order valence-electron chi connectivity index (χ1n) is 7.05. The molecule has 0 saturated heterocycles. The number of furan rings is 1. The maximum atomic E-state index is 6.22. The largest absolute Gasteiger partial charge is 0.455 e. The maximum Gasteiger partial charge on any atom is 0.144 e. The average Bonchev–Trinajstić information content (AvgIpc) is 3.05. The van der Waals surface area contributed by atoms with Gasteiger partial charge in [-0.1, -0.05) is 30.3 Å². The first-order chi connectivity index (χ1) is 10.3. The molecule has 0 bridgehead atoms. The zero-order valence-corrected chi connectivity index (χ0v) is 12.3. The topological polar surface area (TPSA) is 13.1 Å². The van der Waals surface area contributed by atoms with Crippen LogP contribution in [0.1, 0.15) is 5.56 Å². The summed E-state index contributed by atoms with van der Waals surface area (Å²) in [5, 5.41) is 5.01. The summed E-state index contributed by atoms with van der Waals surface area (Å²) < 4.78 is 8.83. The monoisotopic (exact) mass is 288 g/mol. The van der Waals surface area contributed by atoms with E-state index in [1.54, 1.807) is 0 Å². The molecule has 0 aliphatic rings. The zero-order chi connectivity index (χ0) is 14.0.